The van der Waals surface area contributed by atoms with Gasteiger partial charge < -0.3 is 15.0 Å². The van der Waals surface area contributed by atoms with Crippen LogP contribution in [0.25, 0.3) is 0 Å². The molecule has 3 heteroatoms. The van der Waals surface area contributed by atoms with Gasteiger partial charge in [-0.15, -0.1) is 0 Å². The molecule has 1 N–H and O–H groups in total. The highest BCUT2D eigenvalue weighted by molar-refractivity contribution is 4.86. The Morgan fingerprint density at radius 1 is 1.41 bits per heavy atom. The average molecular weight is 238 g/mol. The predicted octanol–water partition coefficient (Wildman–Crippen LogP) is 2.00. The number of nitrogens with one attached hydrogen (secondary N) is 1. The van der Waals surface area contributed by atoms with Crippen molar-refractivity contribution in [1.82, 2.24) is 10.2 Å². The second-order valence-corrected chi connectivity index (χ2v) is 5.95. The van der Waals surface area contributed by atoms with Gasteiger partial charge in [-0.3, -0.25) is 0 Å². The van der Waals surface area contributed by atoms with Gasteiger partial charge in [0, 0.05) is 13.1 Å². The highest BCUT2D eigenvalue weighted by Crippen LogP contribution is 2.29. The van der Waals surface area contributed by atoms with E-state index in [4.69, 9.17) is 4.74 Å². The predicted molar refractivity (Wildman–Crippen MR) is 71.0 cm³/mol. The molecule has 0 aromatic heterocycles. The number of likely N-dealkylation sites (tertiary alicyclic amines) is 1. The number of nitrogens with zero attached hydrogens (tertiary/aromatic N) is 1. The van der Waals surface area contributed by atoms with Crippen molar-refractivity contribution in [3.8, 4) is 0 Å². The van der Waals surface area contributed by atoms with Crippen molar-refractivity contribution in [3.05, 3.63) is 12.3 Å². The summed E-state index contributed by atoms with van der Waals surface area (Å²) < 4.78 is 5.57. The lowest BCUT2D eigenvalue weighted by atomic mass is 9.80. The van der Waals surface area contributed by atoms with Crippen LogP contribution in [0, 0.1) is 5.41 Å². The first-order valence-electron chi connectivity index (χ1n) is 6.88. The molecule has 0 aromatic rings. The fourth-order valence-corrected chi connectivity index (χ4v) is 2.61. The monoisotopic (exact) mass is 238 g/mol. The molecular weight excluding hydrogens is 212 g/mol. The Morgan fingerprint density at radius 3 is 2.82 bits per heavy atom. The molecule has 0 amide bonds. The van der Waals surface area contributed by atoms with Crippen LogP contribution in [0.3, 0.4) is 0 Å². The Balaban J connectivity index is 1.65. The quantitative estimate of drug-likeness (QED) is 0.811. The second kappa shape index (κ2) is 5.87. The lowest BCUT2D eigenvalue weighted by Crippen LogP contribution is -2.43. The third-order valence-corrected chi connectivity index (χ3v) is 4.14. The second-order valence-electron chi connectivity index (χ2n) is 5.95. The first-order valence-corrected chi connectivity index (χ1v) is 6.88. The van der Waals surface area contributed by atoms with Crippen LogP contribution in [-0.2, 0) is 4.74 Å². The highest BCUT2D eigenvalue weighted by Gasteiger charge is 2.28. The van der Waals surface area contributed by atoms with Crippen LogP contribution in [0.5, 0.6) is 0 Å². The van der Waals surface area contributed by atoms with Gasteiger partial charge in [-0.25, -0.2) is 0 Å². The van der Waals surface area contributed by atoms with E-state index in [0.717, 1.165) is 25.9 Å². The van der Waals surface area contributed by atoms with E-state index < -0.39 is 0 Å². The summed E-state index contributed by atoms with van der Waals surface area (Å²) in [6.45, 7) is 7.01. The van der Waals surface area contributed by atoms with Gasteiger partial charge in [0.15, 0.2) is 0 Å². The highest BCUT2D eigenvalue weighted by atomic mass is 16.5. The van der Waals surface area contributed by atoms with Gasteiger partial charge in [-0.05, 0) is 57.3 Å². The minimum Gasteiger partial charge on any atom is -0.497 e. The molecule has 1 saturated heterocycles. The van der Waals surface area contributed by atoms with Crippen molar-refractivity contribution in [1.29, 1.82) is 0 Å². The molecule has 2 rings (SSSR count). The Kier molecular flexibility index (Phi) is 4.46. The minimum absolute atomic E-state index is 0.384. The maximum absolute atomic E-state index is 5.57. The van der Waals surface area contributed by atoms with E-state index in [1.54, 1.807) is 0 Å². The van der Waals surface area contributed by atoms with Crippen molar-refractivity contribution in [2.75, 3.05) is 33.2 Å². The maximum atomic E-state index is 5.57. The van der Waals surface area contributed by atoms with Gasteiger partial charge in [0.05, 0.1) is 6.26 Å². The summed E-state index contributed by atoms with van der Waals surface area (Å²) in [6, 6.07) is 0. The normalized spacial score (nSPS) is 28.9. The van der Waals surface area contributed by atoms with E-state index in [1.807, 2.05) is 6.26 Å². The number of hydrogen-bond donors (Lipinski definition) is 1. The smallest absolute Gasteiger partial charge is 0.110 e. The minimum atomic E-state index is 0.384. The first-order chi connectivity index (χ1) is 8.18. The van der Waals surface area contributed by atoms with E-state index in [2.05, 4.69) is 30.3 Å². The lowest BCUT2D eigenvalue weighted by Gasteiger charge is -2.38. The summed E-state index contributed by atoms with van der Waals surface area (Å²) in [7, 11) is 2.22. The van der Waals surface area contributed by atoms with Crippen LogP contribution in [-0.4, -0.2) is 44.2 Å². The molecule has 1 fully saturated rings. The van der Waals surface area contributed by atoms with Crippen LogP contribution in [0.1, 0.15) is 32.6 Å². The summed E-state index contributed by atoms with van der Waals surface area (Å²) in [5, 5.41) is 3.60. The number of hydrogen-bond acceptors (Lipinski definition) is 3. The van der Waals surface area contributed by atoms with Gasteiger partial charge in [0.25, 0.3) is 0 Å². The Bertz CT molecular complexity index is 257. The molecule has 2 heterocycles. The molecule has 1 unspecified atom stereocenters. The zero-order valence-electron chi connectivity index (χ0n) is 11.2. The number of rotatable bonds is 4. The summed E-state index contributed by atoms with van der Waals surface area (Å²) >= 11 is 0. The lowest BCUT2D eigenvalue weighted by molar-refractivity contribution is 0.105. The number of ether oxygens (including phenoxy) is 1. The molecule has 98 valence electrons. The zero-order valence-corrected chi connectivity index (χ0v) is 11.2. The summed E-state index contributed by atoms with van der Waals surface area (Å²) in [5.74, 6) is 0. The Morgan fingerprint density at radius 2 is 2.18 bits per heavy atom. The van der Waals surface area contributed by atoms with Crippen molar-refractivity contribution < 1.29 is 4.74 Å². The van der Waals surface area contributed by atoms with Gasteiger partial charge >= 0.3 is 0 Å². The Labute approximate surface area is 105 Å². The molecule has 0 spiro atoms. The van der Waals surface area contributed by atoms with Crippen LogP contribution in [0.2, 0.25) is 0 Å². The third-order valence-electron chi connectivity index (χ3n) is 4.14. The number of allylic oxidation sites excluding steroid dienone is 1. The topological polar surface area (TPSA) is 24.5 Å². The third kappa shape index (κ3) is 4.00. The molecule has 17 heavy (non-hydrogen) atoms. The Hall–Kier alpha value is -0.540. The molecule has 2 aliphatic rings. The fraction of sp³-hybridized carbons (Fsp3) is 0.857. The largest absolute Gasteiger partial charge is 0.497 e. The SMILES string of the molecule is CN1CCC(C)(CNCC2CCC=CO2)CC1. The zero-order chi connectivity index (χ0) is 12.1. The molecule has 0 aliphatic carbocycles. The fourth-order valence-electron chi connectivity index (χ4n) is 2.61. The van der Waals surface area contributed by atoms with E-state index in [0.29, 0.717) is 11.5 Å². The first kappa shape index (κ1) is 12.9. The molecule has 0 saturated carbocycles. The van der Waals surface area contributed by atoms with E-state index >= 15 is 0 Å². The van der Waals surface area contributed by atoms with Crippen LogP contribution < -0.4 is 5.32 Å². The van der Waals surface area contributed by atoms with Crippen molar-refractivity contribution in [2.24, 2.45) is 5.41 Å². The molecular formula is C14H26N2O. The molecule has 3 nitrogen and oxygen atoms in total. The van der Waals surface area contributed by atoms with Gasteiger partial charge in [-0.1, -0.05) is 6.92 Å². The van der Waals surface area contributed by atoms with E-state index in [1.165, 1.54) is 25.9 Å². The van der Waals surface area contributed by atoms with Gasteiger partial charge in [0.1, 0.15) is 6.10 Å². The van der Waals surface area contributed by atoms with Crippen LogP contribution >= 0.6 is 0 Å². The molecule has 1 atom stereocenters. The number of piperidine rings is 1. The summed E-state index contributed by atoms with van der Waals surface area (Å²) in [6.07, 6.45) is 9.28. The summed E-state index contributed by atoms with van der Waals surface area (Å²) in [5.41, 5.74) is 0.483. The van der Waals surface area contributed by atoms with Crippen molar-refractivity contribution in [3.63, 3.8) is 0 Å². The van der Waals surface area contributed by atoms with Crippen molar-refractivity contribution in [2.45, 2.75) is 38.7 Å². The molecule has 0 radical (unpaired) electrons. The van der Waals surface area contributed by atoms with Gasteiger partial charge in [-0.2, -0.15) is 0 Å². The van der Waals surface area contributed by atoms with E-state index in [9.17, 15) is 0 Å². The maximum Gasteiger partial charge on any atom is 0.110 e. The van der Waals surface area contributed by atoms with Crippen LogP contribution in [0.15, 0.2) is 12.3 Å². The standard InChI is InChI=1S/C14H26N2O/c1-14(6-8-16(2)9-7-14)12-15-11-13-5-3-4-10-17-13/h4,10,13,15H,3,5-9,11-12H2,1-2H3. The molecule has 0 aromatic carbocycles. The molecule has 2 aliphatic heterocycles. The van der Waals surface area contributed by atoms with E-state index in [-0.39, 0.29) is 0 Å². The van der Waals surface area contributed by atoms with Crippen LogP contribution in [0.4, 0.5) is 0 Å². The summed E-state index contributed by atoms with van der Waals surface area (Å²) in [4.78, 5) is 2.43. The van der Waals surface area contributed by atoms with Gasteiger partial charge in [0.2, 0.25) is 0 Å². The average Bonchev–Trinajstić information content (AvgIpc) is 2.35. The van der Waals surface area contributed by atoms with Crippen molar-refractivity contribution >= 4 is 0 Å². The molecule has 0 bridgehead atoms.